The van der Waals surface area contributed by atoms with Crippen molar-refractivity contribution in [3.05, 3.63) is 23.5 Å². The number of morpholine rings is 1. The monoisotopic (exact) mass is 194 g/mol. The number of hydrogen-bond acceptors (Lipinski definition) is 3. The van der Waals surface area contributed by atoms with Crippen LogP contribution in [0, 0.1) is 0 Å². The third-order valence-electron chi connectivity index (χ3n) is 2.48. The minimum absolute atomic E-state index is 0.691. The van der Waals surface area contributed by atoms with Gasteiger partial charge in [-0.3, -0.25) is 9.69 Å². The number of aromatic nitrogens is 1. The van der Waals surface area contributed by atoms with Crippen LogP contribution in [0.25, 0.3) is 0 Å². The maximum atomic E-state index is 10.7. The van der Waals surface area contributed by atoms with Crippen molar-refractivity contribution in [1.29, 1.82) is 0 Å². The van der Waals surface area contributed by atoms with Gasteiger partial charge in [0.25, 0.3) is 0 Å². The SMILES string of the molecule is O=Cc1[nH]ccc1CN1CCOCC1. The summed E-state index contributed by atoms with van der Waals surface area (Å²) in [5.74, 6) is 0. The lowest BCUT2D eigenvalue weighted by atomic mass is 10.2. The van der Waals surface area contributed by atoms with Crippen LogP contribution in [0.4, 0.5) is 0 Å². The molecule has 0 aliphatic carbocycles. The lowest BCUT2D eigenvalue weighted by Crippen LogP contribution is -2.35. The molecule has 1 fully saturated rings. The highest BCUT2D eigenvalue weighted by Gasteiger charge is 2.12. The molecule has 0 aromatic carbocycles. The number of hydrogen-bond donors (Lipinski definition) is 1. The number of rotatable bonds is 3. The fourth-order valence-electron chi connectivity index (χ4n) is 1.66. The Hall–Kier alpha value is -1.13. The van der Waals surface area contributed by atoms with Gasteiger partial charge >= 0.3 is 0 Å². The molecule has 14 heavy (non-hydrogen) atoms. The molecule has 0 saturated carbocycles. The van der Waals surface area contributed by atoms with E-state index in [2.05, 4.69) is 9.88 Å². The van der Waals surface area contributed by atoms with Crippen molar-refractivity contribution in [2.75, 3.05) is 26.3 Å². The van der Waals surface area contributed by atoms with Crippen LogP contribution in [-0.4, -0.2) is 42.5 Å². The third kappa shape index (κ3) is 2.02. The van der Waals surface area contributed by atoms with Crippen molar-refractivity contribution in [2.45, 2.75) is 6.54 Å². The lowest BCUT2D eigenvalue weighted by Gasteiger charge is -2.26. The van der Waals surface area contributed by atoms with Crippen LogP contribution in [0.5, 0.6) is 0 Å². The largest absolute Gasteiger partial charge is 0.379 e. The van der Waals surface area contributed by atoms with Gasteiger partial charge in [0.15, 0.2) is 6.29 Å². The predicted octanol–water partition coefficient (Wildman–Crippen LogP) is 0.659. The smallest absolute Gasteiger partial charge is 0.166 e. The average Bonchev–Trinajstić information content (AvgIpc) is 2.67. The molecule has 1 N–H and O–H groups in total. The van der Waals surface area contributed by atoms with E-state index in [1.54, 1.807) is 6.20 Å². The zero-order valence-electron chi connectivity index (χ0n) is 8.03. The van der Waals surface area contributed by atoms with E-state index in [-0.39, 0.29) is 0 Å². The molecule has 2 rings (SSSR count). The molecule has 76 valence electrons. The van der Waals surface area contributed by atoms with E-state index in [9.17, 15) is 4.79 Å². The number of aldehydes is 1. The Kier molecular flexibility index (Phi) is 2.96. The summed E-state index contributed by atoms with van der Waals surface area (Å²) in [5, 5.41) is 0. The predicted molar refractivity (Wildman–Crippen MR) is 52.3 cm³/mol. The number of aromatic amines is 1. The van der Waals surface area contributed by atoms with Gasteiger partial charge in [0.2, 0.25) is 0 Å². The molecule has 0 spiro atoms. The van der Waals surface area contributed by atoms with E-state index in [1.807, 2.05) is 6.07 Å². The van der Waals surface area contributed by atoms with Gasteiger partial charge in [-0.05, 0) is 11.6 Å². The van der Waals surface area contributed by atoms with Gasteiger partial charge in [-0.2, -0.15) is 0 Å². The van der Waals surface area contributed by atoms with E-state index in [0.717, 1.165) is 44.7 Å². The molecular weight excluding hydrogens is 180 g/mol. The summed E-state index contributed by atoms with van der Waals surface area (Å²) in [6.45, 7) is 4.32. The molecule has 1 aliphatic rings. The zero-order chi connectivity index (χ0) is 9.80. The highest BCUT2D eigenvalue weighted by atomic mass is 16.5. The van der Waals surface area contributed by atoms with E-state index in [0.29, 0.717) is 5.69 Å². The molecule has 1 saturated heterocycles. The molecule has 1 aromatic heterocycles. The molecule has 0 radical (unpaired) electrons. The standard InChI is InChI=1S/C10H14N2O2/c13-8-10-9(1-2-11-10)7-12-3-5-14-6-4-12/h1-2,8,11H,3-7H2. The molecule has 2 heterocycles. The molecule has 1 aromatic rings. The van der Waals surface area contributed by atoms with Gasteiger partial charge in [0, 0.05) is 25.8 Å². The Morgan fingerprint density at radius 1 is 1.50 bits per heavy atom. The van der Waals surface area contributed by atoms with Crippen molar-refractivity contribution in [3.63, 3.8) is 0 Å². The first-order chi connectivity index (χ1) is 6.90. The van der Waals surface area contributed by atoms with Crippen molar-refractivity contribution in [2.24, 2.45) is 0 Å². The minimum atomic E-state index is 0.691. The van der Waals surface area contributed by atoms with Crippen LogP contribution < -0.4 is 0 Å². The lowest BCUT2D eigenvalue weighted by molar-refractivity contribution is 0.0341. The summed E-state index contributed by atoms with van der Waals surface area (Å²) in [4.78, 5) is 15.9. The Bertz CT molecular complexity index is 303. The fraction of sp³-hybridized carbons (Fsp3) is 0.500. The first kappa shape index (κ1) is 9.43. The fourth-order valence-corrected chi connectivity index (χ4v) is 1.66. The van der Waals surface area contributed by atoms with Crippen molar-refractivity contribution >= 4 is 6.29 Å². The molecular formula is C10H14N2O2. The highest BCUT2D eigenvalue weighted by molar-refractivity contribution is 5.74. The Morgan fingerprint density at radius 2 is 2.29 bits per heavy atom. The molecule has 0 amide bonds. The second kappa shape index (κ2) is 4.39. The highest BCUT2D eigenvalue weighted by Crippen LogP contribution is 2.09. The molecule has 0 bridgehead atoms. The van der Waals surface area contributed by atoms with Crippen LogP contribution in [0.15, 0.2) is 12.3 Å². The topological polar surface area (TPSA) is 45.3 Å². The molecule has 0 atom stereocenters. The number of carbonyl (C=O) groups is 1. The third-order valence-corrected chi connectivity index (χ3v) is 2.48. The van der Waals surface area contributed by atoms with Crippen LogP contribution in [0.3, 0.4) is 0 Å². The van der Waals surface area contributed by atoms with Crippen molar-refractivity contribution in [3.8, 4) is 0 Å². The number of carbonyl (C=O) groups excluding carboxylic acids is 1. The number of nitrogens with one attached hydrogen (secondary N) is 1. The second-order valence-electron chi connectivity index (χ2n) is 3.42. The quantitative estimate of drug-likeness (QED) is 0.719. The summed E-state index contributed by atoms with van der Waals surface area (Å²) in [5.41, 5.74) is 1.76. The molecule has 0 unspecified atom stereocenters. The van der Waals surface area contributed by atoms with Gasteiger partial charge in [-0.15, -0.1) is 0 Å². The summed E-state index contributed by atoms with van der Waals surface area (Å²) in [6.07, 6.45) is 2.68. The van der Waals surface area contributed by atoms with E-state index < -0.39 is 0 Å². The Morgan fingerprint density at radius 3 is 3.00 bits per heavy atom. The van der Waals surface area contributed by atoms with Crippen LogP contribution in [0.2, 0.25) is 0 Å². The normalized spacial score (nSPS) is 18.3. The summed E-state index contributed by atoms with van der Waals surface area (Å²) < 4.78 is 5.26. The maximum absolute atomic E-state index is 10.7. The minimum Gasteiger partial charge on any atom is -0.379 e. The van der Waals surface area contributed by atoms with Crippen molar-refractivity contribution in [1.82, 2.24) is 9.88 Å². The molecule has 4 nitrogen and oxygen atoms in total. The van der Waals surface area contributed by atoms with E-state index in [1.165, 1.54) is 0 Å². The van der Waals surface area contributed by atoms with Gasteiger partial charge in [0.05, 0.1) is 18.9 Å². The van der Waals surface area contributed by atoms with Crippen LogP contribution in [0.1, 0.15) is 16.1 Å². The molecule has 1 aliphatic heterocycles. The number of ether oxygens (including phenoxy) is 1. The van der Waals surface area contributed by atoms with Crippen LogP contribution >= 0.6 is 0 Å². The number of H-pyrrole nitrogens is 1. The summed E-state index contributed by atoms with van der Waals surface area (Å²) in [6, 6.07) is 1.96. The Labute approximate surface area is 82.9 Å². The van der Waals surface area contributed by atoms with Gasteiger partial charge in [-0.25, -0.2) is 0 Å². The van der Waals surface area contributed by atoms with E-state index in [4.69, 9.17) is 4.74 Å². The van der Waals surface area contributed by atoms with Gasteiger partial charge in [-0.1, -0.05) is 0 Å². The molecule has 4 heteroatoms. The van der Waals surface area contributed by atoms with E-state index >= 15 is 0 Å². The number of nitrogens with zero attached hydrogens (tertiary/aromatic N) is 1. The average molecular weight is 194 g/mol. The summed E-state index contributed by atoms with van der Waals surface area (Å²) in [7, 11) is 0. The summed E-state index contributed by atoms with van der Waals surface area (Å²) >= 11 is 0. The van der Waals surface area contributed by atoms with Gasteiger partial charge in [0.1, 0.15) is 0 Å². The first-order valence-electron chi connectivity index (χ1n) is 4.81. The second-order valence-corrected chi connectivity index (χ2v) is 3.42. The first-order valence-corrected chi connectivity index (χ1v) is 4.81. The van der Waals surface area contributed by atoms with Gasteiger partial charge < -0.3 is 9.72 Å². The Balaban J connectivity index is 1.98. The zero-order valence-corrected chi connectivity index (χ0v) is 8.03. The maximum Gasteiger partial charge on any atom is 0.166 e. The van der Waals surface area contributed by atoms with Crippen LogP contribution in [-0.2, 0) is 11.3 Å². The van der Waals surface area contributed by atoms with Crippen molar-refractivity contribution < 1.29 is 9.53 Å².